The lowest BCUT2D eigenvalue weighted by molar-refractivity contribution is 0.626. The molecule has 2 aromatic carbocycles. The highest BCUT2D eigenvalue weighted by atomic mass is 32.1. The fourth-order valence-electron chi connectivity index (χ4n) is 1.85. The molecular formula is C14H11FN2S. The van der Waals surface area contributed by atoms with Crippen molar-refractivity contribution >= 4 is 27.4 Å². The van der Waals surface area contributed by atoms with Crippen molar-refractivity contribution in [3.63, 3.8) is 0 Å². The van der Waals surface area contributed by atoms with E-state index in [1.165, 1.54) is 23.7 Å². The average Bonchev–Trinajstić information content (AvgIpc) is 2.80. The van der Waals surface area contributed by atoms with E-state index in [9.17, 15) is 4.39 Å². The molecule has 1 heterocycles. The largest absolute Gasteiger partial charge is 0.371 e. The Kier molecular flexibility index (Phi) is 2.94. The summed E-state index contributed by atoms with van der Waals surface area (Å²) < 4.78 is 17.4. The van der Waals surface area contributed by atoms with Crippen LogP contribution in [-0.4, -0.2) is 4.37 Å². The maximum absolute atomic E-state index is 13.0. The van der Waals surface area contributed by atoms with Gasteiger partial charge >= 0.3 is 0 Å². The van der Waals surface area contributed by atoms with Crippen molar-refractivity contribution in [2.75, 3.05) is 5.32 Å². The van der Waals surface area contributed by atoms with Gasteiger partial charge in [-0.25, -0.2) is 4.39 Å². The molecule has 18 heavy (non-hydrogen) atoms. The van der Waals surface area contributed by atoms with E-state index < -0.39 is 0 Å². The summed E-state index contributed by atoms with van der Waals surface area (Å²) in [4.78, 5) is 0. The Bertz CT molecular complexity index is 678. The van der Waals surface area contributed by atoms with Gasteiger partial charge in [0.05, 0.1) is 5.52 Å². The van der Waals surface area contributed by atoms with E-state index in [4.69, 9.17) is 0 Å². The zero-order chi connectivity index (χ0) is 12.4. The standard InChI is InChI=1S/C14H11FN2S/c15-11-5-3-4-10(8-11)9-16-14-12-6-1-2-7-13(12)17-18-14/h1-8,16H,9H2. The average molecular weight is 258 g/mol. The van der Waals surface area contributed by atoms with Gasteiger partial charge in [-0.15, -0.1) is 0 Å². The van der Waals surface area contributed by atoms with Crippen LogP contribution in [0.2, 0.25) is 0 Å². The highest BCUT2D eigenvalue weighted by Crippen LogP contribution is 2.27. The Morgan fingerprint density at radius 1 is 1.11 bits per heavy atom. The number of hydrogen-bond acceptors (Lipinski definition) is 3. The Morgan fingerprint density at radius 2 is 2.00 bits per heavy atom. The molecule has 1 N–H and O–H groups in total. The first kappa shape index (κ1) is 11.2. The number of benzene rings is 2. The second kappa shape index (κ2) is 4.74. The number of hydrogen-bond donors (Lipinski definition) is 1. The van der Waals surface area contributed by atoms with Gasteiger partial charge in [-0.05, 0) is 41.4 Å². The highest BCUT2D eigenvalue weighted by Gasteiger charge is 2.04. The molecule has 0 atom stereocenters. The molecule has 0 amide bonds. The number of halogens is 1. The number of nitrogens with one attached hydrogen (secondary N) is 1. The van der Waals surface area contributed by atoms with E-state index in [2.05, 4.69) is 9.69 Å². The van der Waals surface area contributed by atoms with Crippen molar-refractivity contribution in [2.24, 2.45) is 0 Å². The van der Waals surface area contributed by atoms with Crippen LogP contribution in [0.3, 0.4) is 0 Å². The molecule has 0 fully saturated rings. The summed E-state index contributed by atoms with van der Waals surface area (Å²) in [6.45, 7) is 0.601. The number of aromatic nitrogens is 1. The molecular weight excluding hydrogens is 247 g/mol. The van der Waals surface area contributed by atoms with E-state index >= 15 is 0 Å². The predicted molar refractivity (Wildman–Crippen MR) is 73.3 cm³/mol. The Balaban J connectivity index is 1.81. The maximum atomic E-state index is 13.0. The zero-order valence-corrected chi connectivity index (χ0v) is 10.4. The Hall–Kier alpha value is -1.94. The first-order valence-corrected chi connectivity index (χ1v) is 6.43. The van der Waals surface area contributed by atoms with Gasteiger partial charge in [0.1, 0.15) is 10.8 Å². The third kappa shape index (κ3) is 2.19. The number of fused-ring (bicyclic) bond motifs is 1. The van der Waals surface area contributed by atoms with E-state index in [-0.39, 0.29) is 5.82 Å². The van der Waals surface area contributed by atoms with Gasteiger partial charge in [0.25, 0.3) is 0 Å². The van der Waals surface area contributed by atoms with Crippen molar-refractivity contribution in [3.05, 3.63) is 59.9 Å². The van der Waals surface area contributed by atoms with E-state index in [1.54, 1.807) is 6.07 Å². The normalized spacial score (nSPS) is 10.7. The number of rotatable bonds is 3. The van der Waals surface area contributed by atoms with Crippen LogP contribution in [0, 0.1) is 5.82 Å². The molecule has 0 unspecified atom stereocenters. The van der Waals surface area contributed by atoms with Gasteiger partial charge in [0, 0.05) is 11.9 Å². The minimum absolute atomic E-state index is 0.205. The van der Waals surface area contributed by atoms with Crippen LogP contribution >= 0.6 is 11.5 Å². The predicted octanol–water partition coefficient (Wildman–Crippen LogP) is 4.05. The highest BCUT2D eigenvalue weighted by molar-refractivity contribution is 7.11. The molecule has 0 radical (unpaired) electrons. The third-order valence-corrected chi connectivity index (χ3v) is 3.56. The fourth-order valence-corrected chi connectivity index (χ4v) is 2.60. The van der Waals surface area contributed by atoms with Gasteiger partial charge in [-0.3, -0.25) is 0 Å². The van der Waals surface area contributed by atoms with Crippen LogP contribution in [0.25, 0.3) is 10.9 Å². The van der Waals surface area contributed by atoms with Crippen LogP contribution in [0.1, 0.15) is 5.56 Å². The van der Waals surface area contributed by atoms with Crippen molar-refractivity contribution in [1.82, 2.24) is 4.37 Å². The summed E-state index contributed by atoms with van der Waals surface area (Å²) in [5.74, 6) is -0.205. The topological polar surface area (TPSA) is 24.9 Å². The summed E-state index contributed by atoms with van der Waals surface area (Å²) >= 11 is 1.43. The summed E-state index contributed by atoms with van der Waals surface area (Å²) in [6.07, 6.45) is 0. The van der Waals surface area contributed by atoms with Crippen LogP contribution < -0.4 is 5.32 Å². The molecule has 3 aromatic rings. The lowest BCUT2D eigenvalue weighted by atomic mass is 10.2. The van der Waals surface area contributed by atoms with Crippen molar-refractivity contribution < 1.29 is 4.39 Å². The fraction of sp³-hybridized carbons (Fsp3) is 0.0714. The van der Waals surface area contributed by atoms with Gasteiger partial charge in [-0.2, -0.15) is 4.37 Å². The molecule has 3 rings (SSSR count). The summed E-state index contributed by atoms with van der Waals surface area (Å²) in [6, 6.07) is 14.6. The van der Waals surface area contributed by atoms with E-state index in [0.717, 1.165) is 21.5 Å². The molecule has 90 valence electrons. The van der Waals surface area contributed by atoms with Crippen molar-refractivity contribution in [3.8, 4) is 0 Å². The first-order chi connectivity index (χ1) is 8.83. The monoisotopic (exact) mass is 258 g/mol. The minimum Gasteiger partial charge on any atom is -0.371 e. The van der Waals surface area contributed by atoms with Gasteiger partial charge in [-0.1, -0.05) is 24.3 Å². The van der Waals surface area contributed by atoms with Crippen LogP contribution in [-0.2, 0) is 6.54 Å². The molecule has 0 aliphatic carbocycles. The second-order valence-electron chi connectivity index (χ2n) is 4.01. The SMILES string of the molecule is Fc1cccc(CNc2snc3ccccc23)c1. The maximum Gasteiger partial charge on any atom is 0.123 e. The smallest absolute Gasteiger partial charge is 0.123 e. The molecule has 0 aliphatic rings. The van der Waals surface area contributed by atoms with Gasteiger partial charge in [0.15, 0.2) is 0 Å². The van der Waals surface area contributed by atoms with Crippen LogP contribution in [0.15, 0.2) is 48.5 Å². The van der Waals surface area contributed by atoms with Gasteiger partial charge < -0.3 is 5.32 Å². The third-order valence-electron chi connectivity index (χ3n) is 2.73. The van der Waals surface area contributed by atoms with E-state index in [1.807, 2.05) is 30.3 Å². The number of nitrogens with zero attached hydrogens (tertiary/aromatic N) is 1. The van der Waals surface area contributed by atoms with Crippen molar-refractivity contribution in [2.45, 2.75) is 6.54 Å². The molecule has 2 nitrogen and oxygen atoms in total. The Labute approximate surface area is 108 Å². The summed E-state index contributed by atoms with van der Waals surface area (Å²) in [5.41, 5.74) is 1.91. The van der Waals surface area contributed by atoms with Crippen LogP contribution in [0.4, 0.5) is 9.39 Å². The van der Waals surface area contributed by atoms with Crippen molar-refractivity contribution in [1.29, 1.82) is 0 Å². The molecule has 0 saturated carbocycles. The quantitative estimate of drug-likeness (QED) is 0.766. The van der Waals surface area contributed by atoms with E-state index in [0.29, 0.717) is 6.54 Å². The second-order valence-corrected chi connectivity index (χ2v) is 4.79. The lowest BCUT2D eigenvalue weighted by Gasteiger charge is -2.04. The summed E-state index contributed by atoms with van der Waals surface area (Å²) in [7, 11) is 0. The van der Waals surface area contributed by atoms with Gasteiger partial charge in [0.2, 0.25) is 0 Å². The number of anilines is 1. The first-order valence-electron chi connectivity index (χ1n) is 5.66. The summed E-state index contributed by atoms with van der Waals surface area (Å²) in [5, 5.41) is 5.43. The molecule has 0 spiro atoms. The molecule has 1 aromatic heterocycles. The Morgan fingerprint density at radius 3 is 2.89 bits per heavy atom. The molecule has 0 saturated heterocycles. The molecule has 0 bridgehead atoms. The molecule has 0 aliphatic heterocycles. The minimum atomic E-state index is -0.205. The lowest BCUT2D eigenvalue weighted by Crippen LogP contribution is -1.98. The van der Waals surface area contributed by atoms with Crippen LogP contribution in [0.5, 0.6) is 0 Å². The zero-order valence-electron chi connectivity index (χ0n) is 9.56. The molecule has 4 heteroatoms.